The number of carbonyl (C=O) groups excluding carboxylic acids is 5. The van der Waals surface area contributed by atoms with E-state index in [2.05, 4.69) is 20.8 Å². The summed E-state index contributed by atoms with van der Waals surface area (Å²) in [6.45, 7) is 2.06. The molecular formula is C25H25N7O8S3. The number of rotatable bonds is 9. The highest BCUT2D eigenvalue weighted by molar-refractivity contribution is 8.01. The van der Waals surface area contributed by atoms with Crippen molar-refractivity contribution in [1.29, 1.82) is 0 Å². The van der Waals surface area contributed by atoms with Crippen molar-refractivity contribution in [2.75, 3.05) is 31.1 Å². The maximum absolute atomic E-state index is 13.5. The third kappa shape index (κ3) is 6.02. The van der Waals surface area contributed by atoms with Gasteiger partial charge in [0.2, 0.25) is 5.91 Å². The van der Waals surface area contributed by atoms with E-state index in [1.165, 1.54) is 64.0 Å². The summed E-state index contributed by atoms with van der Waals surface area (Å²) in [7, 11) is 0. The highest BCUT2D eigenvalue weighted by Gasteiger charge is 2.54. The standard InChI is InChI=1S/C25H25N7O8S3/c1-2-30-7-8-31(21(37)20(30)36)24(40)28-15(12-3-5-14(33)6-4-12)18(34)27-16-19(35)32-17(23(38)39)13(9-41-22(16)32)10-42-25-29-26-11-43-25/h3-6,11,15-16,22,33H,2,7-10H2,1H3,(H,27,34)(H,28,40)(H,38,39)/t15?,16?,22-/m0/s1. The van der Waals surface area contributed by atoms with Gasteiger partial charge in [-0.2, -0.15) is 0 Å². The number of thioether (sulfide) groups is 2. The van der Waals surface area contributed by atoms with Crippen LogP contribution >= 0.6 is 34.9 Å². The van der Waals surface area contributed by atoms with Crippen molar-refractivity contribution in [2.24, 2.45) is 0 Å². The molecule has 4 heterocycles. The molecule has 2 fully saturated rings. The zero-order valence-corrected chi connectivity index (χ0v) is 24.9. The summed E-state index contributed by atoms with van der Waals surface area (Å²) in [5, 5.41) is 31.7. The van der Waals surface area contributed by atoms with Crippen molar-refractivity contribution in [2.45, 2.75) is 28.7 Å². The van der Waals surface area contributed by atoms with Gasteiger partial charge in [-0.1, -0.05) is 35.2 Å². The lowest BCUT2D eigenvalue weighted by Crippen LogP contribution is -2.71. The van der Waals surface area contributed by atoms with Crippen molar-refractivity contribution in [1.82, 2.24) is 35.5 Å². The first-order valence-corrected chi connectivity index (χ1v) is 15.8. The van der Waals surface area contributed by atoms with Crippen molar-refractivity contribution in [3.8, 4) is 5.75 Å². The van der Waals surface area contributed by atoms with Crippen LogP contribution in [0.5, 0.6) is 5.75 Å². The number of aliphatic carboxylic acids is 1. The summed E-state index contributed by atoms with van der Waals surface area (Å²) in [5.74, 6) is -4.09. The highest BCUT2D eigenvalue weighted by Crippen LogP contribution is 2.42. The number of fused-ring (bicyclic) bond motifs is 1. The molecule has 43 heavy (non-hydrogen) atoms. The molecule has 2 aromatic rings. The molecule has 1 aromatic heterocycles. The number of hydrogen-bond donors (Lipinski definition) is 4. The van der Waals surface area contributed by atoms with Gasteiger partial charge in [0.1, 0.15) is 34.4 Å². The SMILES string of the molecule is CCN1CCN(C(=O)NC(C(=O)NC2C(=O)N3C(C(=O)O)=C(CSc4nncs4)CS[C@@H]23)c2ccc(O)cc2)C(=O)C1=O. The molecular weight excluding hydrogens is 623 g/mol. The molecule has 18 heteroatoms. The molecule has 4 N–H and O–H groups in total. The van der Waals surface area contributed by atoms with E-state index in [0.717, 1.165) is 4.90 Å². The number of phenols is 1. The Kier molecular flexibility index (Phi) is 8.88. The predicted octanol–water partition coefficient (Wildman–Crippen LogP) is 0.216. The summed E-state index contributed by atoms with van der Waals surface area (Å²) in [6, 6.07) is 1.90. The highest BCUT2D eigenvalue weighted by atomic mass is 32.2. The molecule has 0 radical (unpaired) electrons. The number of hydrogen-bond acceptors (Lipinski definition) is 12. The molecule has 3 atom stereocenters. The van der Waals surface area contributed by atoms with Gasteiger partial charge < -0.3 is 25.7 Å². The van der Waals surface area contributed by atoms with Gasteiger partial charge >= 0.3 is 23.8 Å². The number of nitrogens with zero attached hydrogens (tertiary/aromatic N) is 5. The van der Waals surface area contributed by atoms with Crippen LogP contribution in [0.1, 0.15) is 18.5 Å². The Balaban J connectivity index is 1.31. The fourth-order valence-electron chi connectivity index (χ4n) is 4.74. The van der Waals surface area contributed by atoms with Crippen LogP contribution in [-0.4, -0.2) is 113 Å². The van der Waals surface area contributed by atoms with Crippen LogP contribution in [0.4, 0.5) is 4.79 Å². The lowest BCUT2D eigenvalue weighted by atomic mass is 10.0. The van der Waals surface area contributed by atoms with Gasteiger partial charge in [0.15, 0.2) is 4.34 Å². The molecule has 3 aliphatic heterocycles. The average molecular weight is 648 g/mol. The number of benzene rings is 1. The lowest BCUT2D eigenvalue weighted by molar-refractivity contribution is -0.153. The Morgan fingerprint density at radius 2 is 1.88 bits per heavy atom. The number of nitrogens with one attached hydrogen (secondary N) is 2. The lowest BCUT2D eigenvalue weighted by Gasteiger charge is -2.49. The van der Waals surface area contributed by atoms with E-state index in [1.807, 2.05) is 0 Å². The number of likely N-dealkylation sites (N-methyl/N-ethyl adjacent to an activating group) is 1. The summed E-state index contributed by atoms with van der Waals surface area (Å²) >= 11 is 3.91. The molecule has 3 aliphatic rings. The number of β-lactam (4-membered cyclic amide) rings is 1. The van der Waals surface area contributed by atoms with Gasteiger partial charge in [-0.3, -0.25) is 29.0 Å². The number of aromatic hydroxyl groups is 1. The van der Waals surface area contributed by atoms with Crippen LogP contribution in [0.3, 0.4) is 0 Å². The van der Waals surface area contributed by atoms with Gasteiger partial charge in [0, 0.05) is 31.1 Å². The van der Waals surface area contributed by atoms with E-state index < -0.39 is 53.1 Å². The molecule has 0 spiro atoms. The molecule has 2 saturated heterocycles. The number of phenolic OH excluding ortho intramolecular Hbond substituents is 1. The Bertz CT molecular complexity index is 1500. The van der Waals surface area contributed by atoms with Crippen molar-refractivity contribution in [3.63, 3.8) is 0 Å². The molecule has 2 unspecified atom stereocenters. The van der Waals surface area contributed by atoms with Crippen molar-refractivity contribution in [3.05, 3.63) is 46.6 Å². The summed E-state index contributed by atoms with van der Waals surface area (Å²) in [5.41, 5.74) is 2.18. The zero-order chi connectivity index (χ0) is 30.8. The number of piperazine rings is 1. The first kappa shape index (κ1) is 30.3. The first-order valence-electron chi connectivity index (χ1n) is 12.9. The van der Waals surface area contributed by atoms with Gasteiger partial charge in [-0.05, 0) is 30.2 Å². The molecule has 5 rings (SSSR count). The molecule has 0 bridgehead atoms. The van der Waals surface area contributed by atoms with Crippen LogP contribution in [0, 0.1) is 0 Å². The summed E-state index contributed by atoms with van der Waals surface area (Å²) in [4.78, 5) is 80.0. The van der Waals surface area contributed by atoms with Gasteiger partial charge in [-0.15, -0.1) is 22.0 Å². The number of carbonyl (C=O) groups is 6. The van der Waals surface area contributed by atoms with Crippen LogP contribution in [-0.2, 0) is 24.0 Å². The molecule has 0 aliphatic carbocycles. The van der Waals surface area contributed by atoms with E-state index >= 15 is 0 Å². The molecule has 1 aromatic carbocycles. The normalized spacial score (nSPS) is 20.9. The minimum absolute atomic E-state index is 0.0765. The van der Waals surface area contributed by atoms with E-state index in [1.54, 1.807) is 12.4 Å². The molecule has 15 nitrogen and oxygen atoms in total. The fourth-order valence-corrected chi connectivity index (χ4v) is 7.72. The Hall–Kier alpha value is -4.16. The van der Waals surface area contributed by atoms with E-state index in [-0.39, 0.29) is 30.1 Å². The second-order valence-corrected chi connectivity index (χ2v) is 12.6. The fraction of sp³-hybridized carbons (Fsp3) is 0.360. The number of carboxylic acids is 1. The largest absolute Gasteiger partial charge is 0.508 e. The van der Waals surface area contributed by atoms with E-state index in [9.17, 15) is 39.0 Å². The Morgan fingerprint density at radius 1 is 1.14 bits per heavy atom. The zero-order valence-electron chi connectivity index (χ0n) is 22.5. The van der Waals surface area contributed by atoms with E-state index in [0.29, 0.717) is 32.9 Å². The summed E-state index contributed by atoms with van der Waals surface area (Å²) in [6.07, 6.45) is 0. The molecule has 226 valence electrons. The van der Waals surface area contributed by atoms with Crippen LogP contribution < -0.4 is 10.6 Å². The molecule has 6 amide bonds. The maximum Gasteiger partial charge on any atom is 0.352 e. The van der Waals surface area contributed by atoms with Crippen molar-refractivity contribution < 1.29 is 39.0 Å². The smallest absolute Gasteiger partial charge is 0.352 e. The van der Waals surface area contributed by atoms with E-state index in [4.69, 9.17) is 0 Å². The number of aromatic nitrogens is 2. The quantitative estimate of drug-likeness (QED) is 0.164. The number of amides is 6. The number of urea groups is 1. The Morgan fingerprint density at radius 3 is 2.53 bits per heavy atom. The number of imide groups is 1. The first-order chi connectivity index (χ1) is 20.6. The molecule has 0 saturated carbocycles. The monoisotopic (exact) mass is 647 g/mol. The van der Waals surface area contributed by atoms with Gasteiger partial charge in [-0.25, -0.2) is 9.59 Å². The predicted molar refractivity (Wildman–Crippen MR) is 154 cm³/mol. The summed E-state index contributed by atoms with van der Waals surface area (Å²) < 4.78 is 0.657. The minimum atomic E-state index is -1.41. The third-order valence-electron chi connectivity index (χ3n) is 6.95. The van der Waals surface area contributed by atoms with Gasteiger partial charge in [0.25, 0.3) is 5.91 Å². The third-order valence-corrected chi connectivity index (χ3v) is 10.2. The van der Waals surface area contributed by atoms with Crippen LogP contribution in [0.15, 0.2) is 45.4 Å². The maximum atomic E-state index is 13.5. The van der Waals surface area contributed by atoms with Crippen LogP contribution in [0.2, 0.25) is 0 Å². The van der Waals surface area contributed by atoms with Crippen LogP contribution in [0.25, 0.3) is 0 Å². The number of carboxylic acid groups (broad SMARTS) is 1. The van der Waals surface area contributed by atoms with Gasteiger partial charge in [0.05, 0.1) is 0 Å². The van der Waals surface area contributed by atoms with Crippen molar-refractivity contribution >= 4 is 70.5 Å². The second-order valence-electron chi connectivity index (χ2n) is 9.46. The Labute approximate surface area is 256 Å². The second kappa shape index (κ2) is 12.6. The average Bonchev–Trinajstić information content (AvgIpc) is 3.52. The minimum Gasteiger partial charge on any atom is -0.508 e. The topological polar surface area (TPSA) is 202 Å².